The number of likely N-dealkylation sites (N-methyl/N-ethyl adjacent to an activating group) is 1. The van der Waals surface area contributed by atoms with Crippen LogP contribution in [0, 0.1) is 0 Å². The van der Waals surface area contributed by atoms with Crippen LogP contribution in [0.1, 0.15) is 22.3 Å². The van der Waals surface area contributed by atoms with E-state index in [0.717, 1.165) is 10.5 Å². The second-order valence-corrected chi connectivity index (χ2v) is 9.38. The Bertz CT molecular complexity index is 1070. The topological polar surface area (TPSA) is 101 Å². The van der Waals surface area contributed by atoms with Gasteiger partial charge in [0.25, 0.3) is 11.8 Å². The third-order valence-electron chi connectivity index (χ3n) is 5.21. The Hall–Kier alpha value is -3.04. The van der Waals surface area contributed by atoms with Gasteiger partial charge in [-0.15, -0.1) is 0 Å². The van der Waals surface area contributed by atoms with Crippen LogP contribution >= 0.6 is 0 Å². The number of amides is 3. The highest BCUT2D eigenvalue weighted by atomic mass is 32.2. The van der Waals surface area contributed by atoms with Crippen LogP contribution in [0.2, 0.25) is 0 Å². The first kappa shape index (κ1) is 22.6. The van der Waals surface area contributed by atoms with Crippen LogP contribution in [0.5, 0.6) is 0 Å². The molecular weight excluding hydrogens is 420 g/mol. The maximum absolute atomic E-state index is 12.9. The summed E-state index contributed by atoms with van der Waals surface area (Å²) in [6.07, 6.45) is -0.0859. The normalized spacial score (nSPS) is 16.6. The zero-order valence-corrected chi connectivity index (χ0v) is 18.2. The van der Waals surface area contributed by atoms with Crippen molar-refractivity contribution in [3.05, 3.63) is 65.7 Å². The molecule has 0 unspecified atom stereocenters. The molecule has 9 heteroatoms. The molecule has 0 spiro atoms. The van der Waals surface area contributed by atoms with E-state index in [1.54, 1.807) is 0 Å². The SMILES string of the molecule is COCCS(=O)(=O)c1ccc(C(=O)N(C)[C@@H]2CC(=O)N(Cc3ccccc3)C2=O)cc1. The predicted octanol–water partition coefficient (Wildman–Crippen LogP) is 1.51. The summed E-state index contributed by atoms with van der Waals surface area (Å²) in [6.45, 7) is 0.230. The van der Waals surface area contributed by atoms with Crippen LogP contribution in [0.4, 0.5) is 0 Å². The molecule has 0 aliphatic carbocycles. The molecule has 1 saturated heterocycles. The molecule has 2 aromatic carbocycles. The number of ether oxygens (including phenoxy) is 1. The quantitative estimate of drug-likeness (QED) is 0.572. The Labute approximate surface area is 181 Å². The van der Waals surface area contributed by atoms with E-state index in [0.29, 0.717) is 0 Å². The van der Waals surface area contributed by atoms with Gasteiger partial charge in [0.1, 0.15) is 6.04 Å². The predicted molar refractivity (Wildman–Crippen MR) is 113 cm³/mol. The number of rotatable bonds is 8. The molecule has 2 aromatic rings. The Morgan fingerprint density at radius 1 is 1.10 bits per heavy atom. The van der Waals surface area contributed by atoms with Gasteiger partial charge in [0.05, 0.1) is 30.2 Å². The second kappa shape index (κ2) is 9.40. The number of likely N-dealkylation sites (tertiary alicyclic amines) is 1. The van der Waals surface area contributed by atoms with E-state index in [1.807, 2.05) is 30.3 Å². The van der Waals surface area contributed by atoms with Crippen molar-refractivity contribution in [2.45, 2.75) is 23.9 Å². The van der Waals surface area contributed by atoms with E-state index in [2.05, 4.69) is 0 Å². The fourth-order valence-corrected chi connectivity index (χ4v) is 4.53. The van der Waals surface area contributed by atoms with Gasteiger partial charge in [0.2, 0.25) is 5.91 Å². The van der Waals surface area contributed by atoms with Crippen LogP contribution in [0.25, 0.3) is 0 Å². The van der Waals surface area contributed by atoms with E-state index in [9.17, 15) is 22.8 Å². The monoisotopic (exact) mass is 444 g/mol. The third kappa shape index (κ3) is 5.00. The smallest absolute Gasteiger partial charge is 0.254 e. The van der Waals surface area contributed by atoms with E-state index in [1.165, 1.54) is 43.3 Å². The van der Waals surface area contributed by atoms with Gasteiger partial charge in [-0.2, -0.15) is 0 Å². The number of carbonyl (C=O) groups excluding carboxylic acids is 3. The lowest BCUT2D eigenvalue weighted by atomic mass is 10.1. The van der Waals surface area contributed by atoms with Gasteiger partial charge in [-0.25, -0.2) is 8.42 Å². The van der Waals surface area contributed by atoms with Crippen LogP contribution < -0.4 is 0 Å². The molecule has 1 aliphatic heterocycles. The van der Waals surface area contributed by atoms with Crippen molar-refractivity contribution in [1.29, 1.82) is 0 Å². The maximum atomic E-state index is 12.9. The largest absolute Gasteiger partial charge is 0.384 e. The van der Waals surface area contributed by atoms with Gasteiger partial charge < -0.3 is 9.64 Å². The Balaban J connectivity index is 1.71. The first-order chi connectivity index (χ1) is 14.7. The fourth-order valence-electron chi connectivity index (χ4n) is 3.36. The Morgan fingerprint density at radius 2 is 1.74 bits per heavy atom. The number of methoxy groups -OCH3 is 1. The molecule has 0 radical (unpaired) electrons. The minimum absolute atomic E-state index is 0.0725. The fraction of sp³-hybridized carbons (Fsp3) is 0.318. The minimum atomic E-state index is -3.51. The average Bonchev–Trinajstić information content (AvgIpc) is 3.06. The van der Waals surface area contributed by atoms with Gasteiger partial charge in [-0.1, -0.05) is 30.3 Å². The van der Waals surface area contributed by atoms with Crippen LogP contribution in [0.3, 0.4) is 0 Å². The number of nitrogens with zero attached hydrogens (tertiary/aromatic N) is 2. The lowest BCUT2D eigenvalue weighted by Gasteiger charge is -2.23. The van der Waals surface area contributed by atoms with Crippen molar-refractivity contribution < 1.29 is 27.5 Å². The summed E-state index contributed by atoms with van der Waals surface area (Å²) in [7, 11) is -0.624. The van der Waals surface area contributed by atoms with E-state index >= 15 is 0 Å². The molecule has 1 fully saturated rings. The highest BCUT2D eigenvalue weighted by molar-refractivity contribution is 7.91. The summed E-state index contributed by atoms with van der Waals surface area (Å²) in [6, 6.07) is 13.8. The lowest BCUT2D eigenvalue weighted by molar-refractivity contribution is -0.140. The molecule has 8 nitrogen and oxygen atoms in total. The number of hydrogen-bond acceptors (Lipinski definition) is 6. The number of carbonyl (C=O) groups is 3. The molecular formula is C22H24N2O6S. The molecule has 0 aromatic heterocycles. The maximum Gasteiger partial charge on any atom is 0.254 e. The third-order valence-corrected chi connectivity index (χ3v) is 6.90. The van der Waals surface area contributed by atoms with Crippen LogP contribution in [0.15, 0.2) is 59.5 Å². The molecule has 31 heavy (non-hydrogen) atoms. The Morgan fingerprint density at radius 3 is 2.35 bits per heavy atom. The number of sulfone groups is 1. The highest BCUT2D eigenvalue weighted by Crippen LogP contribution is 2.22. The molecule has 1 atom stereocenters. The summed E-state index contributed by atoms with van der Waals surface area (Å²) < 4.78 is 29.2. The molecule has 3 amide bonds. The van der Waals surface area contributed by atoms with Crippen LogP contribution in [-0.2, 0) is 30.7 Å². The molecule has 3 rings (SSSR count). The second-order valence-electron chi connectivity index (χ2n) is 7.28. The summed E-state index contributed by atoms with van der Waals surface area (Å²) in [5.41, 5.74) is 1.05. The van der Waals surface area contributed by atoms with E-state index < -0.39 is 27.7 Å². The van der Waals surface area contributed by atoms with Gasteiger partial charge >= 0.3 is 0 Å². The summed E-state index contributed by atoms with van der Waals surface area (Å²) in [5, 5.41) is 0. The first-order valence-electron chi connectivity index (χ1n) is 9.71. The van der Waals surface area contributed by atoms with Crippen molar-refractivity contribution in [2.24, 2.45) is 0 Å². The first-order valence-corrected chi connectivity index (χ1v) is 11.4. The lowest BCUT2D eigenvalue weighted by Crippen LogP contribution is -2.42. The average molecular weight is 445 g/mol. The number of benzene rings is 2. The zero-order chi connectivity index (χ0) is 22.6. The van der Waals surface area contributed by atoms with Crippen molar-refractivity contribution in [1.82, 2.24) is 9.80 Å². The van der Waals surface area contributed by atoms with Gasteiger partial charge in [0.15, 0.2) is 9.84 Å². The van der Waals surface area contributed by atoms with Gasteiger partial charge in [0, 0.05) is 19.7 Å². The van der Waals surface area contributed by atoms with Gasteiger partial charge in [-0.3, -0.25) is 19.3 Å². The van der Waals surface area contributed by atoms with Crippen molar-refractivity contribution in [3.63, 3.8) is 0 Å². The van der Waals surface area contributed by atoms with Crippen molar-refractivity contribution >= 4 is 27.6 Å². The Kier molecular flexibility index (Phi) is 6.87. The zero-order valence-electron chi connectivity index (χ0n) is 17.4. The van der Waals surface area contributed by atoms with Crippen LogP contribution in [-0.4, -0.2) is 68.5 Å². The standard InChI is InChI=1S/C22H24N2O6S/c1-23(19-14-20(25)24(22(19)27)15-16-6-4-3-5-7-16)21(26)17-8-10-18(11-9-17)31(28,29)13-12-30-2/h3-11,19H,12-15H2,1-2H3/t19-/m1/s1. The minimum Gasteiger partial charge on any atom is -0.384 e. The summed E-state index contributed by atoms with van der Waals surface area (Å²) >= 11 is 0. The molecule has 0 bridgehead atoms. The van der Waals surface area contributed by atoms with E-state index in [4.69, 9.17) is 4.74 Å². The summed E-state index contributed by atoms with van der Waals surface area (Å²) in [4.78, 5) is 40.5. The van der Waals surface area contributed by atoms with Gasteiger partial charge in [-0.05, 0) is 29.8 Å². The van der Waals surface area contributed by atoms with E-state index in [-0.39, 0.29) is 41.7 Å². The number of imide groups is 1. The number of hydrogen-bond donors (Lipinski definition) is 0. The molecule has 0 N–H and O–H groups in total. The summed E-state index contributed by atoms with van der Waals surface area (Å²) in [5.74, 6) is -1.39. The highest BCUT2D eigenvalue weighted by Gasteiger charge is 2.42. The molecule has 0 saturated carbocycles. The molecule has 164 valence electrons. The van der Waals surface area contributed by atoms with Crippen molar-refractivity contribution in [3.8, 4) is 0 Å². The molecule has 1 heterocycles. The van der Waals surface area contributed by atoms with Crippen molar-refractivity contribution in [2.75, 3.05) is 26.5 Å². The molecule has 1 aliphatic rings.